The van der Waals surface area contributed by atoms with Crippen molar-refractivity contribution < 1.29 is 19.1 Å². The van der Waals surface area contributed by atoms with Crippen LogP contribution in [-0.2, 0) is 24.5 Å². The monoisotopic (exact) mass is 267 g/mol. The highest BCUT2D eigenvalue weighted by Crippen LogP contribution is 2.33. The molecule has 0 radical (unpaired) electrons. The van der Waals surface area contributed by atoms with E-state index < -0.39 is 5.41 Å². The van der Waals surface area contributed by atoms with Crippen molar-refractivity contribution in [3.05, 3.63) is 24.0 Å². The Morgan fingerprint density at radius 1 is 1.37 bits per heavy atom. The Balaban J connectivity index is 3.00. The van der Waals surface area contributed by atoms with Crippen molar-refractivity contribution >= 4 is 11.9 Å². The lowest BCUT2D eigenvalue weighted by molar-refractivity contribution is -0.151. The summed E-state index contributed by atoms with van der Waals surface area (Å²) >= 11 is 0. The van der Waals surface area contributed by atoms with Gasteiger partial charge in [-0.05, 0) is 31.9 Å². The SMILES string of the molecule is CCOC(=O)C(CC)(CCC(=O)OC)c1ccc[nH]1. The van der Waals surface area contributed by atoms with Gasteiger partial charge in [0, 0.05) is 18.3 Å². The van der Waals surface area contributed by atoms with Crippen LogP contribution in [0, 0.1) is 0 Å². The maximum absolute atomic E-state index is 12.3. The molecule has 0 aliphatic rings. The first-order valence-corrected chi connectivity index (χ1v) is 6.48. The zero-order valence-electron chi connectivity index (χ0n) is 11.7. The van der Waals surface area contributed by atoms with Crippen LogP contribution in [0.5, 0.6) is 0 Å². The van der Waals surface area contributed by atoms with Gasteiger partial charge in [0.25, 0.3) is 0 Å². The van der Waals surface area contributed by atoms with Crippen LogP contribution in [0.25, 0.3) is 0 Å². The van der Waals surface area contributed by atoms with Gasteiger partial charge in [0.1, 0.15) is 5.41 Å². The van der Waals surface area contributed by atoms with Crippen LogP contribution in [0.3, 0.4) is 0 Å². The Morgan fingerprint density at radius 3 is 2.58 bits per heavy atom. The molecule has 5 heteroatoms. The Bertz CT molecular complexity index is 413. The van der Waals surface area contributed by atoms with E-state index in [4.69, 9.17) is 4.74 Å². The number of carbonyl (C=O) groups is 2. The van der Waals surface area contributed by atoms with E-state index in [1.165, 1.54) is 7.11 Å². The third-order valence-corrected chi connectivity index (χ3v) is 3.37. The molecule has 19 heavy (non-hydrogen) atoms. The van der Waals surface area contributed by atoms with Crippen molar-refractivity contribution in [3.8, 4) is 0 Å². The molecule has 0 aliphatic heterocycles. The molecule has 1 aromatic heterocycles. The lowest BCUT2D eigenvalue weighted by Gasteiger charge is -2.29. The Labute approximate surface area is 113 Å². The van der Waals surface area contributed by atoms with Crippen LogP contribution >= 0.6 is 0 Å². The minimum absolute atomic E-state index is 0.183. The summed E-state index contributed by atoms with van der Waals surface area (Å²) in [5.74, 6) is -0.627. The summed E-state index contributed by atoms with van der Waals surface area (Å²) in [5.41, 5.74) is -0.0365. The van der Waals surface area contributed by atoms with Gasteiger partial charge in [0.05, 0.1) is 13.7 Å². The van der Waals surface area contributed by atoms with Gasteiger partial charge < -0.3 is 14.5 Å². The van der Waals surface area contributed by atoms with E-state index in [1.54, 1.807) is 13.1 Å². The zero-order valence-corrected chi connectivity index (χ0v) is 11.7. The maximum atomic E-state index is 12.3. The third kappa shape index (κ3) is 3.36. The standard InChI is InChI=1S/C14H21NO4/c1-4-14(13(17)19-5-2,9-8-12(16)18-3)11-7-6-10-15-11/h6-7,10,15H,4-5,8-9H2,1-3H3. The number of methoxy groups -OCH3 is 1. The molecular formula is C14H21NO4. The van der Waals surface area contributed by atoms with Crippen molar-refractivity contribution in [1.82, 2.24) is 4.98 Å². The second kappa shape index (κ2) is 6.97. The predicted molar refractivity (Wildman–Crippen MR) is 70.6 cm³/mol. The Kier molecular flexibility index (Phi) is 5.60. The number of nitrogens with one attached hydrogen (secondary N) is 1. The molecular weight excluding hydrogens is 246 g/mol. The Morgan fingerprint density at radius 2 is 2.11 bits per heavy atom. The second-order valence-corrected chi connectivity index (χ2v) is 4.32. The maximum Gasteiger partial charge on any atom is 0.318 e. The minimum atomic E-state index is -0.812. The first kappa shape index (κ1) is 15.3. The molecule has 0 saturated heterocycles. The zero-order chi connectivity index (χ0) is 14.3. The summed E-state index contributed by atoms with van der Waals surface area (Å²) in [6, 6.07) is 3.68. The summed E-state index contributed by atoms with van der Waals surface area (Å²) in [5, 5.41) is 0. The summed E-state index contributed by atoms with van der Waals surface area (Å²) in [7, 11) is 1.34. The number of hydrogen-bond acceptors (Lipinski definition) is 4. The topological polar surface area (TPSA) is 68.4 Å². The van der Waals surface area contributed by atoms with Crippen LogP contribution in [0.15, 0.2) is 18.3 Å². The van der Waals surface area contributed by atoms with E-state index in [0.717, 1.165) is 5.69 Å². The van der Waals surface area contributed by atoms with Crippen molar-refractivity contribution in [2.75, 3.05) is 13.7 Å². The van der Waals surface area contributed by atoms with Crippen LogP contribution in [0.4, 0.5) is 0 Å². The molecule has 0 fully saturated rings. The normalized spacial score (nSPS) is 13.6. The molecule has 1 atom stereocenters. The highest BCUT2D eigenvalue weighted by Gasteiger charge is 2.41. The molecule has 0 saturated carbocycles. The first-order chi connectivity index (χ1) is 9.10. The minimum Gasteiger partial charge on any atom is -0.469 e. The summed E-state index contributed by atoms with van der Waals surface area (Å²) in [6.45, 7) is 4.00. The first-order valence-electron chi connectivity index (χ1n) is 6.48. The number of ether oxygens (including phenoxy) is 2. The molecule has 1 aromatic rings. The molecule has 0 amide bonds. The van der Waals surface area contributed by atoms with Gasteiger partial charge in [0.2, 0.25) is 0 Å². The quantitative estimate of drug-likeness (QED) is 0.769. The lowest BCUT2D eigenvalue weighted by Crippen LogP contribution is -2.38. The van der Waals surface area contributed by atoms with Crippen LogP contribution < -0.4 is 0 Å². The molecule has 1 unspecified atom stereocenters. The van der Waals surface area contributed by atoms with Gasteiger partial charge in [-0.1, -0.05) is 6.92 Å². The summed E-state index contributed by atoms with van der Waals surface area (Å²) in [4.78, 5) is 26.7. The summed E-state index contributed by atoms with van der Waals surface area (Å²) < 4.78 is 9.82. The smallest absolute Gasteiger partial charge is 0.318 e. The van der Waals surface area contributed by atoms with Gasteiger partial charge in [-0.2, -0.15) is 0 Å². The molecule has 1 N–H and O–H groups in total. The predicted octanol–water partition coefficient (Wildman–Crippen LogP) is 2.18. The van der Waals surface area contributed by atoms with E-state index in [0.29, 0.717) is 19.4 Å². The van der Waals surface area contributed by atoms with Crippen LogP contribution in [0.2, 0.25) is 0 Å². The fourth-order valence-electron chi connectivity index (χ4n) is 2.17. The number of rotatable bonds is 7. The van der Waals surface area contributed by atoms with Crippen molar-refractivity contribution in [2.24, 2.45) is 0 Å². The largest absolute Gasteiger partial charge is 0.469 e. The van der Waals surface area contributed by atoms with Crippen LogP contribution in [-0.4, -0.2) is 30.6 Å². The van der Waals surface area contributed by atoms with Gasteiger partial charge in [-0.25, -0.2) is 0 Å². The van der Waals surface area contributed by atoms with E-state index in [9.17, 15) is 9.59 Å². The van der Waals surface area contributed by atoms with Gasteiger partial charge >= 0.3 is 11.9 Å². The molecule has 0 aromatic carbocycles. The molecule has 5 nitrogen and oxygen atoms in total. The number of aromatic nitrogens is 1. The Hall–Kier alpha value is -1.78. The summed E-state index contributed by atoms with van der Waals surface area (Å²) in [6.07, 6.45) is 2.87. The van der Waals surface area contributed by atoms with E-state index >= 15 is 0 Å². The third-order valence-electron chi connectivity index (χ3n) is 3.37. The molecule has 1 heterocycles. The van der Waals surface area contributed by atoms with Gasteiger partial charge in [-0.3, -0.25) is 9.59 Å². The van der Waals surface area contributed by atoms with Gasteiger partial charge in [0.15, 0.2) is 0 Å². The fourth-order valence-corrected chi connectivity index (χ4v) is 2.17. The number of hydrogen-bond donors (Lipinski definition) is 1. The fraction of sp³-hybridized carbons (Fsp3) is 0.571. The van der Waals surface area contributed by atoms with Crippen molar-refractivity contribution in [3.63, 3.8) is 0 Å². The second-order valence-electron chi connectivity index (χ2n) is 4.32. The average Bonchev–Trinajstić information content (AvgIpc) is 2.94. The molecule has 0 aliphatic carbocycles. The van der Waals surface area contributed by atoms with E-state index in [2.05, 4.69) is 9.72 Å². The highest BCUT2D eigenvalue weighted by atomic mass is 16.5. The van der Waals surface area contributed by atoms with Crippen LogP contribution in [0.1, 0.15) is 38.8 Å². The van der Waals surface area contributed by atoms with E-state index in [-0.39, 0.29) is 18.4 Å². The van der Waals surface area contributed by atoms with Crippen molar-refractivity contribution in [1.29, 1.82) is 0 Å². The lowest BCUT2D eigenvalue weighted by atomic mass is 9.77. The van der Waals surface area contributed by atoms with Crippen molar-refractivity contribution in [2.45, 2.75) is 38.5 Å². The number of H-pyrrole nitrogens is 1. The average molecular weight is 267 g/mol. The van der Waals surface area contributed by atoms with Gasteiger partial charge in [-0.15, -0.1) is 0 Å². The molecule has 0 spiro atoms. The number of carbonyl (C=O) groups excluding carboxylic acids is 2. The number of esters is 2. The highest BCUT2D eigenvalue weighted by molar-refractivity contribution is 5.83. The molecule has 1 rings (SSSR count). The molecule has 0 bridgehead atoms. The van der Waals surface area contributed by atoms with E-state index in [1.807, 2.05) is 19.1 Å². The number of aromatic amines is 1. The molecule has 106 valence electrons.